The number of carbonyl (C=O) groups is 1. The summed E-state index contributed by atoms with van der Waals surface area (Å²) in [5, 5.41) is 2.23. The second-order valence-corrected chi connectivity index (χ2v) is 15.4. The molecule has 1 aliphatic carbocycles. The molecule has 2 aromatic rings. The van der Waals surface area contributed by atoms with Crippen molar-refractivity contribution in [2.24, 2.45) is 5.41 Å². The number of rotatable bonds is 8. The fraction of sp³-hybridized carbons (Fsp3) is 0.500. The molecular formula is C30H40O4Si. The van der Waals surface area contributed by atoms with Crippen LogP contribution < -0.4 is 10.4 Å². The number of allylic oxidation sites excluding steroid dienone is 1. The van der Waals surface area contributed by atoms with Gasteiger partial charge in [-0.1, -0.05) is 94.8 Å². The van der Waals surface area contributed by atoms with Gasteiger partial charge in [-0.25, -0.2) is 0 Å². The molecule has 1 aliphatic heterocycles. The third-order valence-electron chi connectivity index (χ3n) is 7.89. The van der Waals surface area contributed by atoms with Crippen LogP contribution in [0, 0.1) is 5.41 Å². The van der Waals surface area contributed by atoms with Crippen LogP contribution in [0.15, 0.2) is 71.8 Å². The van der Waals surface area contributed by atoms with Crippen LogP contribution in [-0.4, -0.2) is 39.7 Å². The predicted octanol–water partition coefficient (Wildman–Crippen LogP) is 5.40. The van der Waals surface area contributed by atoms with Gasteiger partial charge in [0, 0.05) is 0 Å². The zero-order valence-electron chi connectivity index (χ0n) is 22.1. The molecule has 0 unspecified atom stereocenters. The van der Waals surface area contributed by atoms with Crippen molar-refractivity contribution in [1.82, 2.24) is 0 Å². The Kier molecular flexibility index (Phi) is 7.27. The van der Waals surface area contributed by atoms with E-state index in [0.29, 0.717) is 13.2 Å². The van der Waals surface area contributed by atoms with Crippen LogP contribution >= 0.6 is 0 Å². The second-order valence-electron chi connectivity index (χ2n) is 11.1. The molecule has 1 fully saturated rings. The number of Topliss-reactive ketones (excluding diaryl/α,β-unsaturated/α-hetero) is 1. The Morgan fingerprint density at radius 3 is 1.91 bits per heavy atom. The smallest absolute Gasteiger partial charge is 0.261 e. The topological polar surface area (TPSA) is 44.8 Å². The SMILES string of the molecule is CCCCC1=C(C)C(=O)[C@](C)(CO[Si](c2ccccc2)(c2ccccc2)C(C)(C)C)C12OCCO2. The van der Waals surface area contributed by atoms with Crippen molar-refractivity contribution < 1.29 is 18.7 Å². The van der Waals surface area contributed by atoms with Crippen LogP contribution in [0.2, 0.25) is 5.04 Å². The van der Waals surface area contributed by atoms with Gasteiger partial charge in [-0.2, -0.15) is 0 Å². The van der Waals surface area contributed by atoms with Crippen molar-refractivity contribution in [1.29, 1.82) is 0 Å². The molecule has 4 nitrogen and oxygen atoms in total. The Hall–Kier alpha value is -2.05. The van der Waals surface area contributed by atoms with E-state index >= 15 is 0 Å². The number of ether oxygens (including phenoxy) is 2. The van der Waals surface area contributed by atoms with Crippen LogP contribution in [0.1, 0.15) is 60.8 Å². The third kappa shape index (κ3) is 4.07. The molecule has 35 heavy (non-hydrogen) atoms. The molecule has 1 spiro atoms. The van der Waals surface area contributed by atoms with Crippen LogP contribution in [0.5, 0.6) is 0 Å². The molecule has 188 valence electrons. The lowest BCUT2D eigenvalue weighted by Crippen LogP contribution is -2.68. The summed E-state index contributed by atoms with van der Waals surface area (Å²) in [6.45, 7) is 14.1. The monoisotopic (exact) mass is 492 g/mol. The highest BCUT2D eigenvalue weighted by Crippen LogP contribution is 2.54. The fourth-order valence-electron chi connectivity index (χ4n) is 6.07. The fourth-order valence-corrected chi connectivity index (χ4v) is 10.7. The Morgan fingerprint density at radius 1 is 0.943 bits per heavy atom. The minimum absolute atomic E-state index is 0.0865. The number of carbonyl (C=O) groups excluding carboxylic acids is 1. The van der Waals surface area contributed by atoms with Gasteiger partial charge >= 0.3 is 0 Å². The van der Waals surface area contributed by atoms with E-state index in [1.165, 1.54) is 10.4 Å². The normalized spacial score (nSPS) is 22.4. The lowest BCUT2D eigenvalue weighted by atomic mass is 9.79. The average molecular weight is 493 g/mol. The van der Waals surface area contributed by atoms with E-state index in [1.54, 1.807) is 0 Å². The lowest BCUT2D eigenvalue weighted by Gasteiger charge is -2.46. The first-order valence-corrected chi connectivity index (χ1v) is 14.8. The highest BCUT2D eigenvalue weighted by molar-refractivity contribution is 6.99. The molecule has 0 amide bonds. The number of unbranched alkanes of at least 4 members (excludes halogenated alkanes) is 1. The quantitative estimate of drug-likeness (QED) is 0.463. The standard InChI is InChI=1S/C30H40O4Si/c1-7-8-19-26-23(2)27(31)29(6,30(26)32-20-21-33-30)22-34-35(28(3,4)5,24-15-11-9-12-16-24)25-17-13-10-14-18-25/h9-18H,7-8,19-22H2,1-6H3/t29-/m0/s1. The van der Waals surface area contributed by atoms with Gasteiger partial charge in [0.25, 0.3) is 8.32 Å². The highest BCUT2D eigenvalue weighted by atomic mass is 28.4. The molecule has 2 aromatic carbocycles. The van der Waals surface area contributed by atoms with Crippen molar-refractivity contribution >= 4 is 24.5 Å². The maximum Gasteiger partial charge on any atom is 0.261 e. The number of hydrogen-bond donors (Lipinski definition) is 0. The molecule has 1 atom stereocenters. The highest BCUT2D eigenvalue weighted by Gasteiger charge is 2.66. The van der Waals surface area contributed by atoms with Crippen LogP contribution in [0.3, 0.4) is 0 Å². The zero-order chi connectivity index (χ0) is 25.3. The van der Waals surface area contributed by atoms with Gasteiger partial charge in [0.1, 0.15) is 5.41 Å². The van der Waals surface area contributed by atoms with Gasteiger partial charge in [0.2, 0.25) is 5.79 Å². The molecule has 0 bridgehead atoms. The Labute approximate surface area is 211 Å². The van der Waals surface area contributed by atoms with Crippen LogP contribution in [-0.2, 0) is 18.7 Å². The summed E-state index contributed by atoms with van der Waals surface area (Å²) in [7, 11) is -2.81. The van der Waals surface area contributed by atoms with Gasteiger partial charge in [0.05, 0.1) is 19.8 Å². The molecule has 4 rings (SSSR count). The van der Waals surface area contributed by atoms with Crippen molar-refractivity contribution in [3.05, 3.63) is 71.8 Å². The van der Waals surface area contributed by atoms with Crippen molar-refractivity contribution in [2.45, 2.75) is 71.6 Å². The first-order valence-electron chi connectivity index (χ1n) is 12.9. The maximum absolute atomic E-state index is 13.9. The van der Waals surface area contributed by atoms with Crippen molar-refractivity contribution in [2.75, 3.05) is 19.8 Å². The first kappa shape index (κ1) is 26.0. The summed E-state index contributed by atoms with van der Waals surface area (Å²) >= 11 is 0. The van der Waals surface area contributed by atoms with Gasteiger partial charge in [-0.05, 0) is 53.2 Å². The summed E-state index contributed by atoms with van der Waals surface area (Å²) < 4.78 is 20.0. The average Bonchev–Trinajstić information content (AvgIpc) is 3.40. The van der Waals surface area contributed by atoms with Crippen LogP contribution in [0.4, 0.5) is 0 Å². The minimum atomic E-state index is -2.81. The van der Waals surface area contributed by atoms with E-state index < -0.39 is 19.5 Å². The molecule has 1 heterocycles. The predicted molar refractivity (Wildman–Crippen MR) is 144 cm³/mol. The summed E-state index contributed by atoms with van der Waals surface area (Å²) in [6.07, 6.45) is 2.86. The van der Waals surface area contributed by atoms with E-state index in [-0.39, 0.29) is 17.4 Å². The summed E-state index contributed by atoms with van der Waals surface area (Å²) in [4.78, 5) is 13.9. The molecule has 5 heteroatoms. The Balaban J connectivity index is 1.81. The van der Waals surface area contributed by atoms with E-state index in [0.717, 1.165) is 30.4 Å². The molecule has 1 saturated heterocycles. The summed E-state index contributed by atoms with van der Waals surface area (Å²) in [5.74, 6) is -0.946. The third-order valence-corrected chi connectivity index (χ3v) is 12.9. The Bertz CT molecular complexity index is 1030. The van der Waals surface area contributed by atoms with E-state index in [1.807, 2.05) is 26.0 Å². The number of ketones is 1. The van der Waals surface area contributed by atoms with E-state index in [9.17, 15) is 4.79 Å². The van der Waals surface area contributed by atoms with Gasteiger partial charge in [0.15, 0.2) is 5.78 Å². The van der Waals surface area contributed by atoms with Gasteiger partial charge < -0.3 is 13.9 Å². The van der Waals surface area contributed by atoms with Gasteiger partial charge in [-0.3, -0.25) is 4.79 Å². The minimum Gasteiger partial charge on any atom is -0.406 e. The van der Waals surface area contributed by atoms with Gasteiger partial charge in [-0.15, -0.1) is 0 Å². The lowest BCUT2D eigenvalue weighted by molar-refractivity contribution is -0.204. The molecule has 0 aromatic heterocycles. The molecule has 2 aliphatic rings. The van der Waals surface area contributed by atoms with Crippen molar-refractivity contribution in [3.8, 4) is 0 Å². The number of hydrogen-bond acceptors (Lipinski definition) is 4. The summed E-state index contributed by atoms with van der Waals surface area (Å²) in [5.41, 5.74) is 0.855. The van der Waals surface area contributed by atoms with Crippen molar-refractivity contribution in [3.63, 3.8) is 0 Å². The molecule has 0 radical (unpaired) electrons. The second kappa shape index (κ2) is 9.77. The molecule has 0 saturated carbocycles. The van der Waals surface area contributed by atoms with E-state index in [2.05, 4.69) is 76.2 Å². The Morgan fingerprint density at radius 2 is 1.46 bits per heavy atom. The van der Waals surface area contributed by atoms with E-state index in [4.69, 9.17) is 13.9 Å². The largest absolute Gasteiger partial charge is 0.406 e. The maximum atomic E-state index is 13.9. The summed E-state index contributed by atoms with van der Waals surface area (Å²) in [6, 6.07) is 21.1. The van der Waals surface area contributed by atoms with Crippen LogP contribution in [0.25, 0.3) is 0 Å². The zero-order valence-corrected chi connectivity index (χ0v) is 23.1. The first-order chi connectivity index (χ1) is 16.6. The number of benzene rings is 2. The molecular weight excluding hydrogens is 452 g/mol. The molecule has 0 N–H and O–H groups in total.